The van der Waals surface area contributed by atoms with Crippen LogP contribution in [0.1, 0.15) is 32.5 Å². The van der Waals surface area contributed by atoms with Gasteiger partial charge < -0.3 is 21.1 Å². The van der Waals surface area contributed by atoms with E-state index in [0.717, 1.165) is 23.3 Å². The van der Waals surface area contributed by atoms with E-state index >= 15 is 0 Å². The number of hydrogen-bond donors (Lipinski definition) is 4. The van der Waals surface area contributed by atoms with Gasteiger partial charge in [0.05, 0.1) is 5.69 Å². The average molecular weight is 357 g/mol. The molecule has 0 aliphatic carbocycles. The summed E-state index contributed by atoms with van der Waals surface area (Å²) < 4.78 is 0. The van der Waals surface area contributed by atoms with Crippen LogP contribution < -0.4 is 16.6 Å². The molecular formula is C17H15N3O4S. The number of thiophene rings is 1. The minimum absolute atomic E-state index is 0.144. The van der Waals surface area contributed by atoms with Crippen molar-refractivity contribution in [3.8, 4) is 0 Å². The van der Waals surface area contributed by atoms with Crippen molar-refractivity contribution < 1.29 is 14.7 Å². The van der Waals surface area contributed by atoms with Gasteiger partial charge in [-0.05, 0) is 24.1 Å². The molecule has 25 heavy (non-hydrogen) atoms. The highest BCUT2D eigenvalue weighted by Crippen LogP contribution is 2.32. The van der Waals surface area contributed by atoms with Crippen LogP contribution in [-0.4, -0.2) is 22.0 Å². The monoisotopic (exact) mass is 357 g/mol. The number of aromatic amines is 1. The van der Waals surface area contributed by atoms with Gasteiger partial charge in [0.15, 0.2) is 0 Å². The van der Waals surface area contributed by atoms with E-state index in [1.54, 1.807) is 6.07 Å². The van der Waals surface area contributed by atoms with Gasteiger partial charge in [0.2, 0.25) is 0 Å². The number of aromatic carboxylic acids is 1. The first-order valence-corrected chi connectivity index (χ1v) is 8.31. The number of amides is 1. The molecule has 3 rings (SSSR count). The van der Waals surface area contributed by atoms with Crippen molar-refractivity contribution in [2.45, 2.75) is 13.3 Å². The van der Waals surface area contributed by atoms with Crippen LogP contribution in [0, 0.1) is 0 Å². The second-order valence-corrected chi connectivity index (χ2v) is 6.39. The molecule has 5 N–H and O–H groups in total. The fraction of sp³-hybridized carbons (Fsp3) is 0.118. The van der Waals surface area contributed by atoms with E-state index < -0.39 is 23.0 Å². The van der Waals surface area contributed by atoms with E-state index in [0.29, 0.717) is 15.9 Å². The molecule has 0 saturated heterocycles. The molecule has 1 amide bonds. The van der Waals surface area contributed by atoms with E-state index in [1.165, 1.54) is 6.07 Å². The lowest BCUT2D eigenvalue weighted by molar-refractivity contribution is 0.0695. The van der Waals surface area contributed by atoms with Gasteiger partial charge in [0, 0.05) is 11.1 Å². The summed E-state index contributed by atoms with van der Waals surface area (Å²) in [5, 5.41) is 12.2. The summed E-state index contributed by atoms with van der Waals surface area (Å²) in [6, 6.07) is 8.62. The zero-order valence-corrected chi connectivity index (χ0v) is 14.1. The number of carboxylic acids is 1. The Morgan fingerprint density at radius 3 is 2.72 bits per heavy atom. The topological polar surface area (TPSA) is 125 Å². The van der Waals surface area contributed by atoms with Gasteiger partial charge in [-0.1, -0.05) is 25.1 Å². The van der Waals surface area contributed by atoms with Crippen molar-refractivity contribution in [1.29, 1.82) is 0 Å². The number of benzene rings is 1. The smallest absolute Gasteiger partial charge is 0.341 e. The minimum atomic E-state index is -1.35. The molecule has 0 saturated carbocycles. The van der Waals surface area contributed by atoms with Crippen LogP contribution in [0.25, 0.3) is 10.2 Å². The summed E-state index contributed by atoms with van der Waals surface area (Å²) >= 11 is 1.01. The Morgan fingerprint density at radius 2 is 2.04 bits per heavy atom. The summed E-state index contributed by atoms with van der Waals surface area (Å²) in [6.07, 6.45) is 0.758. The van der Waals surface area contributed by atoms with Gasteiger partial charge in [-0.2, -0.15) is 0 Å². The van der Waals surface area contributed by atoms with Gasteiger partial charge in [0.1, 0.15) is 15.3 Å². The minimum Gasteiger partial charge on any atom is -0.477 e. The number of H-pyrrole nitrogens is 1. The van der Waals surface area contributed by atoms with E-state index in [4.69, 9.17) is 10.8 Å². The SMILES string of the molecule is CCc1ccccc1NC(=O)c1sc2[nH]c(=O)c(C(=O)O)cc2c1N. The van der Waals surface area contributed by atoms with E-state index in [2.05, 4.69) is 10.3 Å². The number of aryl methyl sites for hydroxylation is 1. The fourth-order valence-electron chi connectivity index (χ4n) is 2.53. The number of anilines is 2. The summed E-state index contributed by atoms with van der Waals surface area (Å²) in [5.74, 6) is -1.76. The average Bonchev–Trinajstić information content (AvgIpc) is 2.90. The molecular weight excluding hydrogens is 342 g/mol. The number of nitrogens with two attached hydrogens (primary N) is 1. The number of carbonyl (C=O) groups excluding carboxylic acids is 1. The molecule has 2 heterocycles. The quantitative estimate of drug-likeness (QED) is 0.571. The molecule has 7 nitrogen and oxygen atoms in total. The summed E-state index contributed by atoms with van der Waals surface area (Å²) in [7, 11) is 0. The highest BCUT2D eigenvalue weighted by atomic mass is 32.1. The Labute approximate surface area is 146 Å². The molecule has 1 aromatic carbocycles. The Balaban J connectivity index is 2.04. The first kappa shape index (κ1) is 16.7. The maximum atomic E-state index is 12.6. The fourth-order valence-corrected chi connectivity index (χ4v) is 3.52. The van der Waals surface area contributed by atoms with Crippen molar-refractivity contribution in [1.82, 2.24) is 4.98 Å². The lowest BCUT2D eigenvalue weighted by Gasteiger charge is -2.09. The summed E-state index contributed by atoms with van der Waals surface area (Å²) in [5.41, 5.74) is 6.68. The van der Waals surface area contributed by atoms with Crippen LogP contribution in [0.2, 0.25) is 0 Å². The molecule has 0 spiro atoms. The van der Waals surface area contributed by atoms with Gasteiger partial charge >= 0.3 is 5.97 Å². The third-order valence-corrected chi connectivity index (χ3v) is 4.96. The number of aromatic nitrogens is 1. The molecule has 0 bridgehead atoms. The predicted octanol–water partition coefficient (Wildman–Crippen LogP) is 2.68. The normalized spacial score (nSPS) is 10.8. The zero-order chi connectivity index (χ0) is 18.1. The number of nitrogens with one attached hydrogen (secondary N) is 2. The highest BCUT2D eigenvalue weighted by molar-refractivity contribution is 7.21. The summed E-state index contributed by atoms with van der Waals surface area (Å²) in [6.45, 7) is 1.98. The molecule has 2 aromatic heterocycles. The maximum absolute atomic E-state index is 12.6. The second-order valence-electron chi connectivity index (χ2n) is 5.37. The van der Waals surface area contributed by atoms with Crippen LogP contribution in [-0.2, 0) is 6.42 Å². The number of carbonyl (C=O) groups is 2. The predicted molar refractivity (Wildman–Crippen MR) is 97.6 cm³/mol. The van der Waals surface area contributed by atoms with E-state index in [-0.39, 0.29) is 10.6 Å². The van der Waals surface area contributed by atoms with E-state index in [1.807, 2.05) is 25.1 Å². The summed E-state index contributed by atoms with van der Waals surface area (Å²) in [4.78, 5) is 38.5. The Hall–Kier alpha value is -3.13. The van der Waals surface area contributed by atoms with Crippen molar-refractivity contribution in [3.63, 3.8) is 0 Å². The molecule has 8 heteroatoms. The first-order valence-electron chi connectivity index (χ1n) is 7.50. The van der Waals surface area contributed by atoms with Gasteiger partial charge in [-0.25, -0.2) is 4.79 Å². The second kappa shape index (κ2) is 6.40. The molecule has 0 fully saturated rings. The van der Waals surface area contributed by atoms with Crippen molar-refractivity contribution >= 4 is 44.8 Å². The molecule has 0 aliphatic heterocycles. The zero-order valence-electron chi connectivity index (χ0n) is 13.3. The largest absolute Gasteiger partial charge is 0.477 e. The lowest BCUT2D eigenvalue weighted by atomic mass is 10.1. The van der Waals surface area contributed by atoms with Crippen LogP contribution in [0.4, 0.5) is 11.4 Å². The van der Waals surface area contributed by atoms with Crippen molar-refractivity contribution in [2.24, 2.45) is 0 Å². The Bertz CT molecular complexity index is 1050. The number of para-hydroxylation sites is 1. The number of pyridine rings is 1. The number of fused-ring (bicyclic) bond motifs is 1. The molecule has 3 aromatic rings. The van der Waals surface area contributed by atoms with Crippen molar-refractivity contribution in [3.05, 3.63) is 56.7 Å². The molecule has 0 unspecified atom stereocenters. The van der Waals surface area contributed by atoms with Crippen LogP contribution in [0.15, 0.2) is 35.1 Å². The number of rotatable bonds is 4. The molecule has 128 valence electrons. The molecule has 0 atom stereocenters. The number of carboxylic acid groups (broad SMARTS) is 1. The van der Waals surface area contributed by atoms with Gasteiger partial charge in [-0.3, -0.25) is 9.59 Å². The first-order chi connectivity index (χ1) is 11.9. The Kier molecular flexibility index (Phi) is 4.28. The van der Waals surface area contributed by atoms with Crippen molar-refractivity contribution in [2.75, 3.05) is 11.1 Å². The van der Waals surface area contributed by atoms with Gasteiger partial charge in [-0.15, -0.1) is 11.3 Å². The van der Waals surface area contributed by atoms with Gasteiger partial charge in [0.25, 0.3) is 11.5 Å². The maximum Gasteiger partial charge on any atom is 0.341 e. The number of hydrogen-bond acceptors (Lipinski definition) is 5. The highest BCUT2D eigenvalue weighted by Gasteiger charge is 2.20. The van der Waals surface area contributed by atoms with Crippen LogP contribution in [0.3, 0.4) is 0 Å². The third kappa shape index (κ3) is 2.99. The molecule has 0 aliphatic rings. The van der Waals surface area contributed by atoms with Crippen LogP contribution in [0.5, 0.6) is 0 Å². The number of nitrogen functional groups attached to an aromatic ring is 1. The third-order valence-electron chi connectivity index (χ3n) is 3.83. The lowest BCUT2D eigenvalue weighted by Crippen LogP contribution is -2.16. The van der Waals surface area contributed by atoms with E-state index in [9.17, 15) is 14.4 Å². The molecule has 0 radical (unpaired) electrons. The van der Waals surface area contributed by atoms with Crippen LogP contribution >= 0.6 is 11.3 Å². The Morgan fingerprint density at radius 1 is 1.32 bits per heavy atom. The standard InChI is InChI=1S/C17H15N3O4S/c1-2-8-5-3-4-6-11(8)19-15(22)13-12(18)9-7-10(17(23)24)14(21)20-16(9)25-13/h3-7H,2,18H2,1H3,(H,19,22)(H,20,21)(H,23,24).